The number of carboxylic acids is 2. The number of carboxylic acid groups (broad SMARTS) is 2. The third kappa shape index (κ3) is 3.11. The third-order valence-corrected chi connectivity index (χ3v) is 2.37. The number of fused-ring (bicyclic) bond motifs is 1. The Kier molecular flexibility index (Phi) is 6.56. The zero-order chi connectivity index (χ0) is 11.7. The van der Waals surface area contributed by atoms with Crippen LogP contribution in [-0.4, -0.2) is 22.2 Å². The molecule has 0 aromatic heterocycles. The van der Waals surface area contributed by atoms with Crippen LogP contribution in [0.1, 0.15) is 20.7 Å². The molecule has 0 aliphatic carbocycles. The quantitative estimate of drug-likeness (QED) is 0.715. The Labute approximate surface area is 134 Å². The van der Waals surface area contributed by atoms with Gasteiger partial charge in [-0.25, -0.2) is 9.59 Å². The summed E-state index contributed by atoms with van der Waals surface area (Å²) in [7, 11) is 0. The van der Waals surface area contributed by atoms with Gasteiger partial charge in [-0.05, 0) is 16.8 Å². The van der Waals surface area contributed by atoms with E-state index in [0.717, 1.165) is 0 Å². The van der Waals surface area contributed by atoms with Gasteiger partial charge >= 0.3 is 11.9 Å². The van der Waals surface area contributed by atoms with Gasteiger partial charge in [0.05, 0.1) is 11.1 Å². The fraction of sp³-hybridized carbons (Fsp3) is 0. The predicted molar refractivity (Wildman–Crippen MR) is 57.9 cm³/mol. The van der Waals surface area contributed by atoms with Crippen LogP contribution in [0.25, 0.3) is 10.8 Å². The summed E-state index contributed by atoms with van der Waals surface area (Å²) in [5.41, 5.74) is -0.350. The van der Waals surface area contributed by atoms with E-state index in [9.17, 15) is 9.59 Å². The van der Waals surface area contributed by atoms with Crippen molar-refractivity contribution >= 4 is 22.7 Å². The summed E-state index contributed by atoms with van der Waals surface area (Å²) < 4.78 is 0. The molecule has 18 heavy (non-hydrogen) atoms. The summed E-state index contributed by atoms with van der Waals surface area (Å²) in [6, 6.07) is 9.72. The zero-order valence-corrected chi connectivity index (χ0v) is 11.7. The van der Waals surface area contributed by atoms with Crippen LogP contribution in [-0.2, 0) is 44.8 Å². The summed E-state index contributed by atoms with van der Waals surface area (Å²) in [6.45, 7) is 0. The van der Waals surface area contributed by atoms with Gasteiger partial charge in [-0.3, -0.25) is 0 Å². The standard InChI is InChI=1S/C12H8O4.2Ag/c13-11(14)9-6-5-7-3-1-2-4-8(7)10(9)12(15)16;;/h1-6H,(H,13,14)(H,15,16);;. The number of carbonyl (C=O) groups is 2. The van der Waals surface area contributed by atoms with Crippen LogP contribution in [0.3, 0.4) is 0 Å². The van der Waals surface area contributed by atoms with Crippen LogP contribution >= 0.6 is 0 Å². The van der Waals surface area contributed by atoms with Gasteiger partial charge in [0.15, 0.2) is 0 Å². The monoisotopic (exact) mass is 430 g/mol. The van der Waals surface area contributed by atoms with Gasteiger partial charge in [0.25, 0.3) is 0 Å². The fourth-order valence-corrected chi connectivity index (χ4v) is 1.68. The summed E-state index contributed by atoms with van der Waals surface area (Å²) in [5, 5.41) is 19.1. The first kappa shape index (κ1) is 17.1. The molecule has 0 heterocycles. The Hall–Kier alpha value is -0.879. The first-order chi connectivity index (χ1) is 7.61. The van der Waals surface area contributed by atoms with Gasteiger partial charge in [0.1, 0.15) is 0 Å². The Bertz CT molecular complexity index is 596. The van der Waals surface area contributed by atoms with Crippen LogP contribution < -0.4 is 0 Å². The van der Waals surface area contributed by atoms with Crippen LogP contribution in [0.4, 0.5) is 0 Å². The SMILES string of the molecule is O=C(O)c1ccc2ccccc2c1C(=O)O.[Ag].[Ag]. The van der Waals surface area contributed by atoms with Crippen molar-refractivity contribution in [2.45, 2.75) is 0 Å². The Morgan fingerprint density at radius 3 is 2.00 bits per heavy atom. The number of aromatic carboxylic acids is 2. The molecule has 0 spiro atoms. The molecule has 0 aliphatic heterocycles. The fourth-order valence-electron chi connectivity index (χ4n) is 1.68. The molecule has 2 aromatic rings. The molecule has 2 radical (unpaired) electrons. The van der Waals surface area contributed by atoms with E-state index in [1.54, 1.807) is 30.3 Å². The number of benzene rings is 2. The summed E-state index contributed by atoms with van der Waals surface area (Å²) >= 11 is 0. The minimum absolute atomic E-state index is 0. The van der Waals surface area contributed by atoms with E-state index >= 15 is 0 Å². The molecule has 0 aliphatic rings. The maximum Gasteiger partial charge on any atom is 0.337 e. The molecule has 6 heteroatoms. The maximum atomic E-state index is 11.1. The van der Waals surface area contributed by atoms with Crippen molar-refractivity contribution in [1.29, 1.82) is 0 Å². The Morgan fingerprint density at radius 1 is 0.833 bits per heavy atom. The van der Waals surface area contributed by atoms with Crippen molar-refractivity contribution < 1.29 is 64.6 Å². The minimum Gasteiger partial charge on any atom is -0.478 e. The molecule has 0 unspecified atom stereocenters. The van der Waals surface area contributed by atoms with Gasteiger partial charge in [-0.1, -0.05) is 30.3 Å². The smallest absolute Gasteiger partial charge is 0.337 e. The molecular weight excluding hydrogens is 424 g/mol. The molecule has 0 saturated carbocycles. The number of hydrogen-bond acceptors (Lipinski definition) is 2. The number of hydrogen-bond donors (Lipinski definition) is 2. The topological polar surface area (TPSA) is 74.6 Å². The molecule has 0 fully saturated rings. The maximum absolute atomic E-state index is 11.1. The van der Waals surface area contributed by atoms with E-state index < -0.39 is 11.9 Å². The van der Waals surface area contributed by atoms with Gasteiger partial charge in [-0.15, -0.1) is 0 Å². The van der Waals surface area contributed by atoms with Gasteiger partial charge in [0, 0.05) is 44.8 Å². The van der Waals surface area contributed by atoms with E-state index in [1.165, 1.54) is 6.07 Å². The second-order valence-electron chi connectivity index (χ2n) is 3.32. The Balaban J connectivity index is 0.00000144. The second-order valence-corrected chi connectivity index (χ2v) is 3.32. The van der Waals surface area contributed by atoms with E-state index in [-0.39, 0.29) is 55.9 Å². The molecule has 2 aromatic carbocycles. The average molecular weight is 432 g/mol. The van der Waals surface area contributed by atoms with Crippen LogP contribution in [0.5, 0.6) is 0 Å². The van der Waals surface area contributed by atoms with Crippen LogP contribution in [0.15, 0.2) is 36.4 Å². The molecule has 0 atom stereocenters. The van der Waals surface area contributed by atoms with Crippen LogP contribution in [0.2, 0.25) is 0 Å². The second kappa shape index (κ2) is 6.89. The first-order valence-corrected chi connectivity index (χ1v) is 4.59. The van der Waals surface area contributed by atoms with E-state index in [4.69, 9.17) is 10.2 Å². The zero-order valence-electron chi connectivity index (χ0n) is 8.78. The van der Waals surface area contributed by atoms with Crippen LogP contribution in [0, 0.1) is 0 Å². The van der Waals surface area contributed by atoms with Crippen molar-refractivity contribution in [3.8, 4) is 0 Å². The molecule has 0 amide bonds. The van der Waals surface area contributed by atoms with Gasteiger partial charge in [0.2, 0.25) is 0 Å². The summed E-state index contributed by atoms with van der Waals surface area (Å²) in [6.07, 6.45) is 0. The van der Waals surface area contributed by atoms with E-state index in [0.29, 0.717) is 10.8 Å². The molecule has 2 N–H and O–H groups in total. The molecule has 2 rings (SSSR count). The minimum atomic E-state index is -1.23. The van der Waals surface area contributed by atoms with Crippen molar-refractivity contribution in [2.75, 3.05) is 0 Å². The van der Waals surface area contributed by atoms with E-state index in [1.807, 2.05) is 0 Å². The number of rotatable bonds is 2. The first-order valence-electron chi connectivity index (χ1n) is 4.59. The van der Waals surface area contributed by atoms with Crippen molar-refractivity contribution in [2.24, 2.45) is 0 Å². The van der Waals surface area contributed by atoms with Crippen molar-refractivity contribution in [3.63, 3.8) is 0 Å². The molecule has 102 valence electrons. The summed E-state index contributed by atoms with van der Waals surface area (Å²) in [4.78, 5) is 22.0. The van der Waals surface area contributed by atoms with E-state index in [2.05, 4.69) is 0 Å². The molecule has 0 bridgehead atoms. The molecule has 4 nitrogen and oxygen atoms in total. The molecule has 0 saturated heterocycles. The predicted octanol–water partition coefficient (Wildman–Crippen LogP) is 2.23. The normalized spacial score (nSPS) is 9.11. The van der Waals surface area contributed by atoms with Gasteiger partial charge in [-0.2, -0.15) is 0 Å². The third-order valence-electron chi connectivity index (χ3n) is 2.37. The summed E-state index contributed by atoms with van der Waals surface area (Å²) in [5.74, 6) is -2.46. The van der Waals surface area contributed by atoms with Crippen molar-refractivity contribution in [3.05, 3.63) is 47.5 Å². The Morgan fingerprint density at radius 2 is 1.44 bits per heavy atom. The molecular formula is C12H8Ag2O4. The van der Waals surface area contributed by atoms with Crippen molar-refractivity contribution in [1.82, 2.24) is 0 Å². The largest absolute Gasteiger partial charge is 0.478 e. The van der Waals surface area contributed by atoms with Gasteiger partial charge < -0.3 is 10.2 Å². The average Bonchev–Trinajstić information content (AvgIpc) is 2.27.